The molecule has 0 N–H and O–H groups in total. The molecule has 0 amide bonds. The summed E-state index contributed by atoms with van der Waals surface area (Å²) < 4.78 is 0. The van der Waals surface area contributed by atoms with Gasteiger partial charge in [0.15, 0.2) is 0 Å². The van der Waals surface area contributed by atoms with E-state index in [-0.39, 0.29) is 17.7 Å². The second-order valence-electron chi connectivity index (χ2n) is 6.62. The molecule has 1 saturated heterocycles. The number of hydrogen-bond donors (Lipinski definition) is 0. The predicted octanol–water partition coefficient (Wildman–Crippen LogP) is 2.62. The topological polar surface area (TPSA) is 46.6 Å². The summed E-state index contributed by atoms with van der Waals surface area (Å²) in [5.41, 5.74) is 0.607. The molecule has 1 aliphatic rings. The van der Waals surface area contributed by atoms with E-state index >= 15 is 0 Å². The van der Waals surface area contributed by atoms with Gasteiger partial charge in [-0.15, -0.1) is 5.06 Å². The van der Waals surface area contributed by atoms with E-state index in [2.05, 4.69) is 0 Å². The molecule has 0 radical (unpaired) electrons. The molecule has 1 aromatic carbocycles. The first-order valence-corrected chi connectivity index (χ1v) is 7.40. The number of carbonyl (C=O) groups is 2. The van der Waals surface area contributed by atoms with E-state index in [0.717, 1.165) is 5.56 Å². The second-order valence-corrected chi connectivity index (χ2v) is 6.62. The highest BCUT2D eigenvalue weighted by molar-refractivity contribution is 5.82. The molecule has 1 unspecified atom stereocenters. The van der Waals surface area contributed by atoms with E-state index < -0.39 is 5.41 Å². The monoisotopic (exact) mass is 289 g/mol. The number of hydroxylamine groups is 2. The lowest BCUT2D eigenvalue weighted by Gasteiger charge is -2.32. The Balaban J connectivity index is 1.96. The average molecular weight is 289 g/mol. The van der Waals surface area contributed by atoms with Crippen LogP contribution in [-0.2, 0) is 20.8 Å². The standard InChI is InChI=1S/C17H23NO3/c1-17(2,3)16(20)21-18-10-9-15(19)14(12-18)11-13-7-5-4-6-8-13/h4-8,14H,9-12H2,1-3H3. The molecule has 0 bridgehead atoms. The van der Waals surface area contributed by atoms with E-state index in [1.165, 1.54) is 0 Å². The summed E-state index contributed by atoms with van der Waals surface area (Å²) in [6.07, 6.45) is 1.14. The van der Waals surface area contributed by atoms with Gasteiger partial charge < -0.3 is 4.84 Å². The molecule has 1 aliphatic heterocycles. The molecule has 0 aromatic heterocycles. The maximum atomic E-state index is 12.1. The normalized spacial score (nSPS) is 20.3. The summed E-state index contributed by atoms with van der Waals surface area (Å²) in [5, 5.41) is 1.64. The van der Waals surface area contributed by atoms with Crippen LogP contribution in [0.15, 0.2) is 30.3 Å². The van der Waals surface area contributed by atoms with Crippen LogP contribution in [0.1, 0.15) is 32.8 Å². The highest BCUT2D eigenvalue weighted by Gasteiger charge is 2.32. The van der Waals surface area contributed by atoms with Gasteiger partial charge >= 0.3 is 5.97 Å². The van der Waals surface area contributed by atoms with Crippen molar-refractivity contribution in [2.75, 3.05) is 13.1 Å². The van der Waals surface area contributed by atoms with Gasteiger partial charge in [0.25, 0.3) is 0 Å². The Labute approximate surface area is 126 Å². The van der Waals surface area contributed by atoms with Gasteiger partial charge in [0.05, 0.1) is 5.41 Å². The highest BCUT2D eigenvalue weighted by Crippen LogP contribution is 2.21. The molecule has 21 heavy (non-hydrogen) atoms. The molecule has 1 fully saturated rings. The number of hydrogen-bond acceptors (Lipinski definition) is 4. The molecule has 0 aliphatic carbocycles. The van der Waals surface area contributed by atoms with Crippen molar-refractivity contribution in [2.24, 2.45) is 11.3 Å². The van der Waals surface area contributed by atoms with E-state index in [9.17, 15) is 9.59 Å². The lowest BCUT2D eigenvalue weighted by molar-refractivity contribution is -0.207. The lowest BCUT2D eigenvalue weighted by atomic mass is 9.91. The van der Waals surface area contributed by atoms with Crippen LogP contribution in [0, 0.1) is 11.3 Å². The third-order valence-electron chi connectivity index (χ3n) is 3.64. The minimum Gasteiger partial charge on any atom is -0.367 e. The summed E-state index contributed by atoms with van der Waals surface area (Å²) >= 11 is 0. The van der Waals surface area contributed by atoms with Crippen LogP contribution in [0.4, 0.5) is 0 Å². The summed E-state index contributed by atoms with van der Waals surface area (Å²) in [6, 6.07) is 9.95. The van der Waals surface area contributed by atoms with Crippen molar-refractivity contribution in [2.45, 2.75) is 33.6 Å². The summed E-state index contributed by atoms with van der Waals surface area (Å²) in [6.45, 7) is 6.45. The molecule has 1 atom stereocenters. The Morgan fingerprint density at radius 3 is 2.57 bits per heavy atom. The van der Waals surface area contributed by atoms with Crippen molar-refractivity contribution in [1.82, 2.24) is 5.06 Å². The van der Waals surface area contributed by atoms with E-state index in [1.54, 1.807) is 5.06 Å². The van der Waals surface area contributed by atoms with Gasteiger partial charge in [-0.05, 0) is 32.8 Å². The number of piperidine rings is 1. The molecule has 4 nitrogen and oxygen atoms in total. The van der Waals surface area contributed by atoms with Crippen molar-refractivity contribution in [3.8, 4) is 0 Å². The fourth-order valence-electron chi connectivity index (χ4n) is 2.29. The third-order valence-corrected chi connectivity index (χ3v) is 3.64. The van der Waals surface area contributed by atoms with Crippen LogP contribution < -0.4 is 0 Å². The largest absolute Gasteiger partial charge is 0.367 e. The minimum atomic E-state index is -0.531. The molecular weight excluding hydrogens is 266 g/mol. The molecule has 0 spiro atoms. The van der Waals surface area contributed by atoms with Crippen molar-refractivity contribution in [3.63, 3.8) is 0 Å². The molecule has 4 heteroatoms. The molecule has 1 aromatic rings. The number of rotatable bonds is 3. The number of benzene rings is 1. The zero-order chi connectivity index (χ0) is 15.5. The highest BCUT2D eigenvalue weighted by atomic mass is 16.7. The minimum absolute atomic E-state index is 0.103. The maximum absolute atomic E-state index is 12.1. The average Bonchev–Trinajstić information content (AvgIpc) is 2.42. The fourth-order valence-corrected chi connectivity index (χ4v) is 2.29. The van der Waals surface area contributed by atoms with E-state index in [1.807, 2.05) is 51.1 Å². The molecule has 0 saturated carbocycles. The second kappa shape index (κ2) is 6.39. The first-order chi connectivity index (χ1) is 9.86. The maximum Gasteiger partial charge on any atom is 0.330 e. The van der Waals surface area contributed by atoms with Crippen molar-refractivity contribution in [3.05, 3.63) is 35.9 Å². The first-order valence-electron chi connectivity index (χ1n) is 7.40. The summed E-state index contributed by atoms with van der Waals surface area (Å²) in [4.78, 5) is 29.4. The SMILES string of the molecule is CC(C)(C)C(=O)ON1CCC(=O)C(Cc2ccccc2)C1. The van der Waals surface area contributed by atoms with Crippen LogP contribution in [0.25, 0.3) is 0 Å². The quantitative estimate of drug-likeness (QED) is 0.858. The van der Waals surface area contributed by atoms with Gasteiger partial charge in [-0.2, -0.15) is 0 Å². The van der Waals surface area contributed by atoms with Crippen LogP contribution in [0.3, 0.4) is 0 Å². The number of nitrogens with zero attached hydrogens (tertiary/aromatic N) is 1. The number of carbonyl (C=O) groups excluding carboxylic acids is 2. The Bertz CT molecular complexity index is 505. The van der Waals surface area contributed by atoms with Gasteiger partial charge in [0, 0.05) is 25.4 Å². The van der Waals surface area contributed by atoms with Gasteiger partial charge in [0.2, 0.25) is 0 Å². The molecule has 2 rings (SSSR count). The van der Waals surface area contributed by atoms with Crippen LogP contribution in [0.5, 0.6) is 0 Å². The van der Waals surface area contributed by atoms with Gasteiger partial charge in [-0.25, -0.2) is 4.79 Å². The zero-order valence-corrected chi connectivity index (χ0v) is 13.0. The number of Topliss-reactive ketones (excluding diaryl/α,β-unsaturated/α-hetero) is 1. The number of ketones is 1. The van der Waals surface area contributed by atoms with Gasteiger partial charge in [0.1, 0.15) is 5.78 Å². The van der Waals surface area contributed by atoms with Crippen LogP contribution in [0.2, 0.25) is 0 Å². The Kier molecular flexibility index (Phi) is 4.78. The zero-order valence-electron chi connectivity index (χ0n) is 13.0. The van der Waals surface area contributed by atoms with Gasteiger partial charge in [-0.1, -0.05) is 30.3 Å². The van der Waals surface area contributed by atoms with Crippen molar-refractivity contribution < 1.29 is 14.4 Å². The van der Waals surface area contributed by atoms with Crippen molar-refractivity contribution in [1.29, 1.82) is 0 Å². The van der Waals surface area contributed by atoms with Gasteiger partial charge in [-0.3, -0.25) is 4.79 Å². The lowest BCUT2D eigenvalue weighted by Crippen LogP contribution is -2.44. The van der Waals surface area contributed by atoms with E-state index in [0.29, 0.717) is 25.9 Å². The summed E-state index contributed by atoms with van der Waals surface area (Å²) in [5.74, 6) is -0.105. The van der Waals surface area contributed by atoms with Crippen molar-refractivity contribution >= 4 is 11.8 Å². The molecule has 1 heterocycles. The Morgan fingerprint density at radius 1 is 1.29 bits per heavy atom. The Morgan fingerprint density at radius 2 is 1.95 bits per heavy atom. The fraction of sp³-hybridized carbons (Fsp3) is 0.529. The van der Waals surface area contributed by atoms with E-state index in [4.69, 9.17) is 4.84 Å². The Hall–Kier alpha value is -1.68. The summed E-state index contributed by atoms with van der Waals surface area (Å²) in [7, 11) is 0. The van der Waals surface area contributed by atoms with Crippen LogP contribution in [-0.4, -0.2) is 29.9 Å². The third kappa shape index (κ3) is 4.39. The smallest absolute Gasteiger partial charge is 0.330 e. The predicted molar refractivity (Wildman–Crippen MR) is 80.4 cm³/mol. The molecule has 114 valence electrons. The van der Waals surface area contributed by atoms with Crippen LogP contribution >= 0.6 is 0 Å². The first kappa shape index (κ1) is 15.7. The molecular formula is C17H23NO3.